The van der Waals surface area contributed by atoms with E-state index in [1.54, 1.807) is 7.05 Å². The Labute approximate surface area is 117 Å². The van der Waals surface area contributed by atoms with Crippen molar-refractivity contribution in [3.63, 3.8) is 0 Å². The fraction of sp³-hybridized carbons (Fsp3) is 0.357. The number of anilines is 2. The summed E-state index contributed by atoms with van der Waals surface area (Å²) in [5.41, 5.74) is 6.60. The largest absolute Gasteiger partial charge is 0.368 e. The molecule has 0 radical (unpaired) electrons. The van der Waals surface area contributed by atoms with Gasteiger partial charge in [-0.05, 0) is 25.0 Å². The third-order valence-electron chi connectivity index (χ3n) is 3.67. The summed E-state index contributed by atoms with van der Waals surface area (Å²) >= 11 is 0. The van der Waals surface area contributed by atoms with Gasteiger partial charge in [-0.2, -0.15) is 4.98 Å². The van der Waals surface area contributed by atoms with Crippen LogP contribution in [0.25, 0.3) is 10.9 Å². The normalized spacial score (nSPS) is 18.4. The zero-order valence-electron chi connectivity index (χ0n) is 11.3. The number of carbonyl (C=O) groups is 1. The summed E-state index contributed by atoms with van der Waals surface area (Å²) in [6.07, 6.45) is 1.80. The SMILES string of the molecule is CNC(=O)C1CCCN1c1nc(N)nc2ccccc12. The number of aromatic nitrogens is 2. The van der Waals surface area contributed by atoms with Crippen molar-refractivity contribution in [3.8, 4) is 0 Å². The van der Waals surface area contributed by atoms with E-state index in [9.17, 15) is 4.79 Å². The van der Waals surface area contributed by atoms with Gasteiger partial charge in [0.25, 0.3) is 0 Å². The fourth-order valence-electron chi connectivity index (χ4n) is 2.76. The minimum absolute atomic E-state index is 0.0174. The van der Waals surface area contributed by atoms with Gasteiger partial charge in [-0.15, -0.1) is 0 Å². The van der Waals surface area contributed by atoms with Crippen molar-refractivity contribution in [2.24, 2.45) is 0 Å². The van der Waals surface area contributed by atoms with Gasteiger partial charge in [-0.1, -0.05) is 12.1 Å². The summed E-state index contributed by atoms with van der Waals surface area (Å²) < 4.78 is 0. The topological polar surface area (TPSA) is 84.1 Å². The summed E-state index contributed by atoms with van der Waals surface area (Å²) in [6, 6.07) is 7.54. The molecule has 1 saturated heterocycles. The van der Waals surface area contributed by atoms with E-state index in [1.165, 1.54) is 0 Å². The van der Waals surface area contributed by atoms with E-state index in [4.69, 9.17) is 5.73 Å². The maximum absolute atomic E-state index is 12.0. The van der Waals surface area contributed by atoms with E-state index in [-0.39, 0.29) is 17.9 Å². The summed E-state index contributed by atoms with van der Waals surface area (Å²) in [5, 5.41) is 3.64. The van der Waals surface area contributed by atoms with Crippen LogP contribution < -0.4 is 16.0 Å². The number of likely N-dealkylation sites (N-methyl/N-ethyl adjacent to an activating group) is 1. The number of carbonyl (C=O) groups excluding carboxylic acids is 1. The second kappa shape index (κ2) is 4.96. The van der Waals surface area contributed by atoms with Gasteiger partial charge in [0.15, 0.2) is 0 Å². The van der Waals surface area contributed by atoms with Gasteiger partial charge < -0.3 is 16.0 Å². The third-order valence-corrected chi connectivity index (χ3v) is 3.67. The molecule has 0 saturated carbocycles. The molecule has 1 aromatic heterocycles. The Morgan fingerprint density at radius 1 is 1.40 bits per heavy atom. The minimum atomic E-state index is -0.183. The average molecular weight is 271 g/mol. The van der Waals surface area contributed by atoms with Crippen molar-refractivity contribution in [2.75, 3.05) is 24.2 Å². The lowest BCUT2D eigenvalue weighted by Gasteiger charge is -2.25. The molecule has 1 fully saturated rings. The van der Waals surface area contributed by atoms with Crippen molar-refractivity contribution in [1.29, 1.82) is 0 Å². The maximum atomic E-state index is 12.0. The van der Waals surface area contributed by atoms with E-state index in [2.05, 4.69) is 15.3 Å². The molecule has 3 rings (SSSR count). The first-order chi connectivity index (χ1) is 9.70. The molecule has 0 aliphatic carbocycles. The molecule has 0 bridgehead atoms. The van der Waals surface area contributed by atoms with Crippen LogP contribution in [-0.4, -0.2) is 35.5 Å². The van der Waals surface area contributed by atoms with E-state index < -0.39 is 0 Å². The molecule has 20 heavy (non-hydrogen) atoms. The van der Waals surface area contributed by atoms with Gasteiger partial charge in [-0.25, -0.2) is 4.98 Å². The first-order valence-corrected chi connectivity index (χ1v) is 6.71. The molecule has 2 heterocycles. The van der Waals surface area contributed by atoms with Crippen molar-refractivity contribution in [1.82, 2.24) is 15.3 Å². The number of hydrogen-bond acceptors (Lipinski definition) is 5. The second-order valence-electron chi connectivity index (χ2n) is 4.89. The van der Waals surface area contributed by atoms with Crippen molar-refractivity contribution in [2.45, 2.75) is 18.9 Å². The predicted molar refractivity (Wildman–Crippen MR) is 78.4 cm³/mol. The molecule has 6 nitrogen and oxygen atoms in total. The summed E-state index contributed by atoms with van der Waals surface area (Å²) in [4.78, 5) is 22.6. The lowest BCUT2D eigenvalue weighted by atomic mass is 10.2. The number of amides is 1. The van der Waals surface area contributed by atoms with Crippen LogP contribution >= 0.6 is 0 Å². The lowest BCUT2D eigenvalue weighted by molar-refractivity contribution is -0.121. The molecule has 6 heteroatoms. The Kier molecular flexibility index (Phi) is 3.14. The Morgan fingerprint density at radius 2 is 2.20 bits per heavy atom. The quantitative estimate of drug-likeness (QED) is 0.848. The predicted octanol–water partition coefficient (Wildman–Crippen LogP) is 0.927. The van der Waals surface area contributed by atoms with Crippen LogP contribution in [-0.2, 0) is 4.79 Å². The average Bonchev–Trinajstić information content (AvgIpc) is 2.94. The van der Waals surface area contributed by atoms with E-state index >= 15 is 0 Å². The molecule has 1 amide bonds. The number of para-hydroxylation sites is 1. The highest BCUT2D eigenvalue weighted by molar-refractivity contribution is 5.93. The van der Waals surface area contributed by atoms with Gasteiger partial charge in [0.1, 0.15) is 11.9 Å². The monoisotopic (exact) mass is 271 g/mol. The molecule has 0 spiro atoms. The third kappa shape index (κ3) is 2.03. The number of nitrogen functional groups attached to an aromatic ring is 1. The first-order valence-electron chi connectivity index (χ1n) is 6.71. The number of nitrogens with zero attached hydrogens (tertiary/aromatic N) is 3. The molecular formula is C14H17N5O. The van der Waals surface area contributed by atoms with E-state index in [0.717, 1.165) is 36.1 Å². The molecule has 3 N–H and O–H groups in total. The molecule has 104 valence electrons. The van der Waals surface area contributed by atoms with Crippen LogP contribution in [0.2, 0.25) is 0 Å². The first kappa shape index (κ1) is 12.7. The Balaban J connectivity index is 2.11. The summed E-state index contributed by atoms with van der Waals surface area (Å²) in [6.45, 7) is 0.804. The molecule has 2 aromatic rings. The molecule has 1 aromatic carbocycles. The molecule has 1 unspecified atom stereocenters. The van der Waals surface area contributed by atoms with Gasteiger partial charge >= 0.3 is 0 Å². The van der Waals surface area contributed by atoms with Crippen LogP contribution in [0.15, 0.2) is 24.3 Å². The fourth-order valence-corrected chi connectivity index (χ4v) is 2.76. The van der Waals surface area contributed by atoms with Crippen molar-refractivity contribution >= 4 is 28.6 Å². The van der Waals surface area contributed by atoms with Gasteiger partial charge in [0, 0.05) is 19.0 Å². The van der Waals surface area contributed by atoms with Gasteiger partial charge in [0.05, 0.1) is 5.52 Å². The number of nitrogens with two attached hydrogens (primary N) is 1. The van der Waals surface area contributed by atoms with Crippen molar-refractivity contribution < 1.29 is 4.79 Å². The van der Waals surface area contributed by atoms with Crippen LogP contribution in [0.4, 0.5) is 11.8 Å². The molecular weight excluding hydrogens is 254 g/mol. The van der Waals surface area contributed by atoms with Gasteiger partial charge in [0.2, 0.25) is 11.9 Å². The molecule has 1 aliphatic heterocycles. The standard InChI is InChI=1S/C14H17N5O/c1-16-13(20)11-7-4-8-19(11)12-9-5-2-3-6-10(9)17-14(15)18-12/h2-3,5-6,11H,4,7-8H2,1H3,(H,16,20)(H2,15,17,18). The van der Waals surface area contributed by atoms with Crippen LogP contribution in [0.3, 0.4) is 0 Å². The summed E-state index contributed by atoms with van der Waals surface area (Å²) in [5.74, 6) is 1.00. The lowest BCUT2D eigenvalue weighted by Crippen LogP contribution is -2.42. The molecule has 1 aliphatic rings. The van der Waals surface area contributed by atoms with Crippen LogP contribution in [0.5, 0.6) is 0 Å². The number of hydrogen-bond donors (Lipinski definition) is 2. The smallest absolute Gasteiger partial charge is 0.242 e. The van der Waals surface area contributed by atoms with Crippen molar-refractivity contribution in [3.05, 3.63) is 24.3 Å². The number of rotatable bonds is 2. The Morgan fingerprint density at radius 3 is 3.00 bits per heavy atom. The number of nitrogens with one attached hydrogen (secondary N) is 1. The zero-order valence-corrected chi connectivity index (χ0v) is 11.3. The van der Waals surface area contributed by atoms with Gasteiger partial charge in [-0.3, -0.25) is 4.79 Å². The minimum Gasteiger partial charge on any atom is -0.368 e. The highest BCUT2D eigenvalue weighted by atomic mass is 16.2. The number of fused-ring (bicyclic) bond motifs is 1. The maximum Gasteiger partial charge on any atom is 0.242 e. The Bertz CT molecular complexity index is 657. The highest BCUT2D eigenvalue weighted by Crippen LogP contribution is 2.30. The number of benzene rings is 1. The van der Waals surface area contributed by atoms with E-state index in [1.807, 2.05) is 29.2 Å². The van der Waals surface area contributed by atoms with Crippen LogP contribution in [0, 0.1) is 0 Å². The molecule has 1 atom stereocenters. The van der Waals surface area contributed by atoms with Crippen LogP contribution in [0.1, 0.15) is 12.8 Å². The Hall–Kier alpha value is -2.37. The van der Waals surface area contributed by atoms with E-state index in [0.29, 0.717) is 0 Å². The highest BCUT2D eigenvalue weighted by Gasteiger charge is 2.32. The second-order valence-corrected chi connectivity index (χ2v) is 4.89. The summed E-state index contributed by atoms with van der Waals surface area (Å²) in [7, 11) is 1.66. The zero-order chi connectivity index (χ0) is 14.1.